The molecule has 2 heterocycles. The minimum Gasteiger partial charge on any atom is -0.356 e. The summed E-state index contributed by atoms with van der Waals surface area (Å²) in [7, 11) is -3.48. The fraction of sp³-hybridized carbons (Fsp3) is 0.500. The Bertz CT molecular complexity index is 952. The van der Waals surface area contributed by atoms with Crippen LogP contribution >= 0.6 is 15.9 Å². The first-order valence-corrected chi connectivity index (χ1v) is 12.1. The largest absolute Gasteiger partial charge is 0.356 e. The summed E-state index contributed by atoms with van der Waals surface area (Å²) in [6.07, 6.45) is 1.88. The molecule has 1 aromatic carbocycles. The third kappa shape index (κ3) is 5.07. The maximum atomic E-state index is 12.7. The van der Waals surface area contributed by atoms with E-state index in [0.717, 1.165) is 28.8 Å². The molecule has 1 amide bonds. The van der Waals surface area contributed by atoms with Gasteiger partial charge in [-0.25, -0.2) is 8.42 Å². The molecule has 1 fully saturated rings. The van der Waals surface area contributed by atoms with E-state index in [4.69, 9.17) is 0 Å². The number of sulfonamides is 1. The van der Waals surface area contributed by atoms with Crippen molar-refractivity contribution in [1.82, 2.24) is 19.4 Å². The van der Waals surface area contributed by atoms with Crippen LogP contribution in [0.15, 0.2) is 39.7 Å². The number of nitrogens with zero attached hydrogens (tertiary/aromatic N) is 3. The van der Waals surface area contributed by atoms with Crippen molar-refractivity contribution in [2.45, 2.75) is 44.6 Å². The number of carbonyl (C=O) groups excluding carboxylic acids is 1. The molecule has 0 unspecified atom stereocenters. The lowest BCUT2D eigenvalue weighted by Gasteiger charge is -2.30. The molecule has 2 aromatic rings. The van der Waals surface area contributed by atoms with Gasteiger partial charge in [-0.3, -0.25) is 9.48 Å². The van der Waals surface area contributed by atoms with E-state index in [1.54, 1.807) is 30.3 Å². The molecular weight excluding hydrogens is 456 g/mol. The number of hydrogen-bond donors (Lipinski definition) is 1. The van der Waals surface area contributed by atoms with E-state index in [1.807, 2.05) is 18.5 Å². The number of aromatic nitrogens is 2. The van der Waals surface area contributed by atoms with Crippen molar-refractivity contribution in [2.24, 2.45) is 5.92 Å². The number of nitrogens with one attached hydrogen (secondary N) is 1. The van der Waals surface area contributed by atoms with Crippen molar-refractivity contribution >= 4 is 31.9 Å². The number of carbonyl (C=O) groups is 1. The first-order valence-electron chi connectivity index (χ1n) is 9.83. The predicted octanol–water partition coefficient (Wildman–Crippen LogP) is 2.87. The molecule has 7 nitrogen and oxygen atoms in total. The van der Waals surface area contributed by atoms with Gasteiger partial charge in [0.2, 0.25) is 15.9 Å². The molecular formula is C20H27BrN4O3S. The predicted molar refractivity (Wildman–Crippen MR) is 115 cm³/mol. The van der Waals surface area contributed by atoms with Gasteiger partial charge in [-0.1, -0.05) is 18.2 Å². The highest BCUT2D eigenvalue weighted by Gasteiger charge is 2.31. The zero-order valence-electron chi connectivity index (χ0n) is 16.8. The van der Waals surface area contributed by atoms with Gasteiger partial charge in [-0.2, -0.15) is 9.40 Å². The minimum atomic E-state index is -3.48. The molecule has 3 rings (SSSR count). The average molecular weight is 483 g/mol. The summed E-state index contributed by atoms with van der Waals surface area (Å²) in [5.74, 6) is -0.128. The second kappa shape index (κ2) is 9.40. The second-order valence-electron chi connectivity index (χ2n) is 7.34. The lowest BCUT2D eigenvalue weighted by molar-refractivity contribution is -0.126. The van der Waals surface area contributed by atoms with Gasteiger partial charge in [0.1, 0.15) is 0 Å². The van der Waals surface area contributed by atoms with Crippen molar-refractivity contribution in [3.8, 4) is 0 Å². The Labute approximate surface area is 180 Å². The molecule has 0 aliphatic carbocycles. The molecule has 1 N–H and O–H groups in total. The van der Waals surface area contributed by atoms with Gasteiger partial charge in [0.25, 0.3) is 0 Å². The third-order valence-corrected chi connectivity index (χ3v) is 8.41. The van der Waals surface area contributed by atoms with E-state index in [0.29, 0.717) is 37.4 Å². The Morgan fingerprint density at radius 3 is 2.45 bits per heavy atom. The maximum Gasteiger partial charge on any atom is 0.243 e. The highest BCUT2D eigenvalue weighted by atomic mass is 79.9. The van der Waals surface area contributed by atoms with E-state index < -0.39 is 10.0 Å². The van der Waals surface area contributed by atoms with Crippen molar-refractivity contribution in [3.63, 3.8) is 0 Å². The normalized spacial score (nSPS) is 16.1. The molecule has 9 heteroatoms. The Balaban J connectivity index is 1.44. The third-order valence-electron chi connectivity index (χ3n) is 5.34. The molecule has 158 valence electrons. The summed E-state index contributed by atoms with van der Waals surface area (Å²) in [5.41, 5.74) is 2.05. The smallest absolute Gasteiger partial charge is 0.243 e. The summed E-state index contributed by atoms with van der Waals surface area (Å²) >= 11 is 3.52. The van der Waals surface area contributed by atoms with Gasteiger partial charge >= 0.3 is 0 Å². The second-order valence-corrected chi connectivity index (χ2v) is 10.1. The quantitative estimate of drug-likeness (QED) is 0.614. The Morgan fingerprint density at radius 1 is 1.21 bits per heavy atom. The van der Waals surface area contributed by atoms with Gasteiger partial charge < -0.3 is 5.32 Å². The molecule has 1 saturated heterocycles. The van der Waals surface area contributed by atoms with Gasteiger partial charge in [0.05, 0.1) is 15.1 Å². The summed E-state index contributed by atoms with van der Waals surface area (Å²) in [6, 6.07) is 8.45. The summed E-state index contributed by atoms with van der Waals surface area (Å²) < 4.78 is 29.8. The fourth-order valence-electron chi connectivity index (χ4n) is 3.58. The Kier molecular flexibility index (Phi) is 7.13. The molecule has 1 aliphatic rings. The lowest BCUT2D eigenvalue weighted by atomic mass is 9.97. The number of halogens is 1. The lowest BCUT2D eigenvalue weighted by Crippen LogP contribution is -2.43. The van der Waals surface area contributed by atoms with Crippen molar-refractivity contribution in [2.75, 3.05) is 19.6 Å². The van der Waals surface area contributed by atoms with Crippen LogP contribution in [0, 0.1) is 19.8 Å². The zero-order valence-corrected chi connectivity index (χ0v) is 19.2. The van der Waals surface area contributed by atoms with E-state index in [2.05, 4.69) is 26.3 Å². The molecule has 0 spiro atoms. The van der Waals surface area contributed by atoms with E-state index >= 15 is 0 Å². The molecule has 0 radical (unpaired) electrons. The van der Waals surface area contributed by atoms with Gasteiger partial charge in [-0.15, -0.1) is 0 Å². The van der Waals surface area contributed by atoms with Crippen LogP contribution in [0.4, 0.5) is 0 Å². The molecule has 0 saturated carbocycles. The summed E-state index contributed by atoms with van der Waals surface area (Å²) in [5, 5.41) is 7.46. The number of aryl methyl sites for hydroxylation is 2. The number of amides is 1. The Hall–Kier alpha value is -1.71. The van der Waals surface area contributed by atoms with Crippen LogP contribution < -0.4 is 5.32 Å². The van der Waals surface area contributed by atoms with Gasteiger partial charge in [-0.05, 0) is 61.2 Å². The van der Waals surface area contributed by atoms with Gasteiger partial charge in [0.15, 0.2) is 0 Å². The van der Waals surface area contributed by atoms with Crippen LogP contribution in [-0.2, 0) is 21.4 Å². The number of rotatable bonds is 7. The van der Waals surface area contributed by atoms with Crippen molar-refractivity contribution in [1.29, 1.82) is 0 Å². The average Bonchev–Trinajstić information content (AvgIpc) is 2.98. The first kappa shape index (κ1) is 22.0. The standard InChI is InChI=1S/C20H27BrN4O3S/c1-15-19(21)16(2)25(23-15)12-6-11-22-20(26)17-9-13-24(14-10-17)29(27,28)18-7-4-3-5-8-18/h3-5,7-8,17H,6,9-14H2,1-2H3,(H,22,26). The fourth-order valence-corrected chi connectivity index (χ4v) is 5.35. The molecule has 0 atom stereocenters. The van der Waals surface area contributed by atoms with Crippen LogP contribution in [0.3, 0.4) is 0 Å². The topological polar surface area (TPSA) is 84.3 Å². The summed E-state index contributed by atoms with van der Waals surface area (Å²) in [6.45, 7) is 6.04. The minimum absolute atomic E-state index is 0.0105. The van der Waals surface area contributed by atoms with Crippen LogP contribution in [-0.4, -0.2) is 48.0 Å². The number of benzene rings is 1. The van der Waals surface area contributed by atoms with Crippen LogP contribution in [0.25, 0.3) is 0 Å². The zero-order chi connectivity index (χ0) is 21.0. The molecule has 1 aliphatic heterocycles. The highest BCUT2D eigenvalue weighted by molar-refractivity contribution is 9.10. The molecule has 1 aromatic heterocycles. The maximum absolute atomic E-state index is 12.7. The van der Waals surface area contributed by atoms with E-state index in [9.17, 15) is 13.2 Å². The van der Waals surface area contributed by atoms with E-state index in [1.165, 1.54) is 4.31 Å². The van der Waals surface area contributed by atoms with Crippen LogP contribution in [0.2, 0.25) is 0 Å². The SMILES string of the molecule is Cc1nn(CCCNC(=O)C2CCN(S(=O)(=O)c3ccccc3)CC2)c(C)c1Br. The highest BCUT2D eigenvalue weighted by Crippen LogP contribution is 2.24. The van der Waals surface area contributed by atoms with E-state index in [-0.39, 0.29) is 11.8 Å². The molecule has 0 bridgehead atoms. The number of hydrogen-bond acceptors (Lipinski definition) is 4. The van der Waals surface area contributed by atoms with Crippen LogP contribution in [0.5, 0.6) is 0 Å². The van der Waals surface area contributed by atoms with Gasteiger partial charge in [0, 0.05) is 37.8 Å². The number of piperidine rings is 1. The van der Waals surface area contributed by atoms with Crippen molar-refractivity contribution < 1.29 is 13.2 Å². The monoisotopic (exact) mass is 482 g/mol. The van der Waals surface area contributed by atoms with Crippen molar-refractivity contribution in [3.05, 3.63) is 46.2 Å². The Morgan fingerprint density at radius 2 is 1.86 bits per heavy atom. The summed E-state index contributed by atoms with van der Waals surface area (Å²) in [4.78, 5) is 12.8. The molecule has 29 heavy (non-hydrogen) atoms. The van der Waals surface area contributed by atoms with Crippen LogP contribution in [0.1, 0.15) is 30.7 Å². The first-order chi connectivity index (χ1) is 13.8.